The molecule has 0 aliphatic carbocycles. The summed E-state index contributed by atoms with van der Waals surface area (Å²) in [5, 5.41) is 15.6. The van der Waals surface area contributed by atoms with Crippen molar-refractivity contribution in [3.05, 3.63) is 121 Å². The SMILES string of the molecule is CC(C)C[C@H](NC(=O)Cc1ccccc1-c1ccccc1)C(=O)N[C@@H](CC(=O)O)C(=O)COP(=O)(c1ccccc1)c1ccccc1. The van der Waals surface area contributed by atoms with Crippen LogP contribution in [0.4, 0.5) is 0 Å². The number of hydrogen-bond acceptors (Lipinski definition) is 6. The summed E-state index contributed by atoms with van der Waals surface area (Å²) in [6, 6.07) is 31.5. The molecule has 0 saturated carbocycles. The molecule has 0 radical (unpaired) electrons. The molecule has 4 aromatic rings. The molecule has 0 aromatic heterocycles. The normalized spacial score (nSPS) is 12.6. The molecule has 9 nitrogen and oxygen atoms in total. The van der Waals surface area contributed by atoms with Gasteiger partial charge in [0, 0.05) is 10.6 Å². The molecule has 0 bridgehead atoms. The van der Waals surface area contributed by atoms with E-state index in [4.69, 9.17) is 4.52 Å². The minimum atomic E-state index is -3.74. The lowest BCUT2D eigenvalue weighted by atomic mass is 9.97. The molecule has 0 fully saturated rings. The second-order valence-electron chi connectivity index (χ2n) is 11.6. The highest BCUT2D eigenvalue weighted by molar-refractivity contribution is 7.74. The van der Waals surface area contributed by atoms with Crippen LogP contribution in [0.2, 0.25) is 0 Å². The first kappa shape index (κ1) is 35.0. The van der Waals surface area contributed by atoms with Gasteiger partial charge in [0.05, 0.1) is 12.8 Å². The van der Waals surface area contributed by atoms with E-state index in [0.717, 1.165) is 16.7 Å². The predicted octanol–water partition coefficient (Wildman–Crippen LogP) is 4.90. The third kappa shape index (κ3) is 9.82. The number of ketones is 1. The zero-order valence-corrected chi connectivity index (χ0v) is 27.3. The van der Waals surface area contributed by atoms with Crippen molar-refractivity contribution >= 4 is 41.5 Å². The van der Waals surface area contributed by atoms with Crippen LogP contribution in [0, 0.1) is 5.92 Å². The van der Waals surface area contributed by atoms with Gasteiger partial charge in [-0.15, -0.1) is 0 Å². The standard InChI is InChI=1S/C37H39N2O7P/c1-26(2)22-33(38-35(41)23-28-16-12-13-21-31(28)27-14-6-3-7-15-27)37(44)39-32(24-36(42)43)34(40)25-46-47(45,29-17-8-4-9-18-29)30-19-10-5-11-20-30/h3-21,26,32-33H,22-25H2,1-2H3,(H,38,41)(H,39,44)(H,42,43)/t32-,33-/m0/s1. The minimum Gasteiger partial charge on any atom is -0.481 e. The first-order valence-corrected chi connectivity index (χ1v) is 17.0. The van der Waals surface area contributed by atoms with Gasteiger partial charge in [-0.3, -0.25) is 23.7 Å². The third-order valence-electron chi connectivity index (χ3n) is 7.48. The summed E-state index contributed by atoms with van der Waals surface area (Å²) in [6.07, 6.45) is -0.464. The molecule has 0 heterocycles. The van der Waals surface area contributed by atoms with Gasteiger partial charge >= 0.3 is 5.97 Å². The number of aliphatic carboxylic acids is 1. The number of Topliss-reactive ketones (excluding diaryl/α,β-unsaturated/α-hetero) is 1. The van der Waals surface area contributed by atoms with E-state index in [1.54, 1.807) is 60.7 Å². The first-order chi connectivity index (χ1) is 22.6. The van der Waals surface area contributed by atoms with Gasteiger partial charge in [0.1, 0.15) is 18.7 Å². The lowest BCUT2D eigenvalue weighted by molar-refractivity contribution is -0.141. The molecule has 47 heavy (non-hydrogen) atoms. The van der Waals surface area contributed by atoms with E-state index >= 15 is 0 Å². The Balaban J connectivity index is 1.49. The molecule has 4 rings (SSSR count). The average Bonchev–Trinajstić information content (AvgIpc) is 3.07. The van der Waals surface area contributed by atoms with Crippen LogP contribution >= 0.6 is 7.37 Å². The Hall–Kier alpha value is -4.85. The number of nitrogens with one attached hydrogen (secondary N) is 2. The number of hydrogen-bond donors (Lipinski definition) is 3. The Bertz CT molecular complexity index is 1670. The van der Waals surface area contributed by atoms with Crippen molar-refractivity contribution in [3.8, 4) is 11.1 Å². The summed E-state index contributed by atoms with van der Waals surface area (Å²) < 4.78 is 20.0. The number of amides is 2. The van der Waals surface area contributed by atoms with E-state index < -0.39 is 56.0 Å². The Morgan fingerprint density at radius 1 is 0.723 bits per heavy atom. The second kappa shape index (κ2) is 16.6. The van der Waals surface area contributed by atoms with Crippen LogP contribution in [-0.4, -0.2) is 47.4 Å². The van der Waals surface area contributed by atoms with Crippen molar-refractivity contribution in [3.63, 3.8) is 0 Å². The van der Waals surface area contributed by atoms with Crippen molar-refractivity contribution < 1.29 is 33.4 Å². The highest BCUT2D eigenvalue weighted by Gasteiger charge is 2.33. The molecule has 3 N–H and O–H groups in total. The van der Waals surface area contributed by atoms with Gasteiger partial charge < -0.3 is 20.3 Å². The third-order valence-corrected chi connectivity index (χ3v) is 9.93. The number of carboxylic acid groups (broad SMARTS) is 1. The zero-order chi connectivity index (χ0) is 33.8. The van der Waals surface area contributed by atoms with Gasteiger partial charge in [-0.25, -0.2) is 0 Å². The highest BCUT2D eigenvalue weighted by Crippen LogP contribution is 2.44. The topological polar surface area (TPSA) is 139 Å². The zero-order valence-electron chi connectivity index (χ0n) is 26.4. The molecular formula is C37H39N2O7P. The fraction of sp³-hybridized carbons (Fsp3) is 0.243. The van der Waals surface area contributed by atoms with E-state index in [2.05, 4.69) is 10.6 Å². The van der Waals surface area contributed by atoms with Crippen molar-refractivity contribution in [1.82, 2.24) is 10.6 Å². The van der Waals surface area contributed by atoms with Crippen LogP contribution in [0.25, 0.3) is 11.1 Å². The van der Waals surface area contributed by atoms with E-state index in [0.29, 0.717) is 10.6 Å². The molecule has 0 aliphatic rings. The predicted molar refractivity (Wildman–Crippen MR) is 182 cm³/mol. The van der Waals surface area contributed by atoms with Crippen LogP contribution in [0.1, 0.15) is 32.3 Å². The summed E-state index contributed by atoms with van der Waals surface area (Å²) in [6.45, 7) is 3.06. The maximum Gasteiger partial charge on any atom is 0.305 e. The molecule has 0 aliphatic heterocycles. The van der Waals surface area contributed by atoms with E-state index in [-0.39, 0.29) is 18.8 Å². The maximum absolute atomic E-state index is 14.2. The van der Waals surface area contributed by atoms with Gasteiger partial charge in [0.15, 0.2) is 5.78 Å². The molecule has 244 valence electrons. The second-order valence-corrected chi connectivity index (χ2v) is 14.0. The Morgan fingerprint density at radius 3 is 1.81 bits per heavy atom. The lowest BCUT2D eigenvalue weighted by Crippen LogP contribution is -2.53. The van der Waals surface area contributed by atoms with Gasteiger partial charge in [-0.05, 0) is 53.3 Å². The maximum atomic E-state index is 14.2. The average molecular weight is 655 g/mol. The summed E-state index contributed by atoms with van der Waals surface area (Å²) in [5.41, 5.74) is 2.62. The molecule has 2 amide bonds. The van der Waals surface area contributed by atoms with E-state index in [1.807, 2.05) is 68.4 Å². The monoisotopic (exact) mass is 654 g/mol. The summed E-state index contributed by atoms with van der Waals surface area (Å²) >= 11 is 0. The highest BCUT2D eigenvalue weighted by atomic mass is 31.2. The molecule has 0 unspecified atom stereocenters. The molecular weight excluding hydrogens is 615 g/mol. The van der Waals surface area contributed by atoms with Crippen LogP contribution in [0.15, 0.2) is 115 Å². The summed E-state index contributed by atoms with van der Waals surface area (Å²) in [7, 11) is -3.74. The fourth-order valence-electron chi connectivity index (χ4n) is 5.19. The van der Waals surface area contributed by atoms with E-state index in [1.165, 1.54) is 0 Å². The number of carboxylic acids is 1. The van der Waals surface area contributed by atoms with Gasteiger partial charge in [-0.2, -0.15) is 0 Å². The van der Waals surface area contributed by atoms with Crippen LogP contribution in [0.5, 0.6) is 0 Å². The molecule has 2 atom stereocenters. The van der Waals surface area contributed by atoms with E-state index in [9.17, 15) is 28.8 Å². The van der Waals surface area contributed by atoms with Crippen molar-refractivity contribution in [2.45, 2.75) is 45.2 Å². The Labute approximate surface area is 274 Å². The quantitative estimate of drug-likeness (QED) is 0.146. The van der Waals surface area contributed by atoms with Gasteiger partial charge in [0.25, 0.3) is 7.37 Å². The number of benzene rings is 4. The lowest BCUT2D eigenvalue weighted by Gasteiger charge is -2.24. The number of carbonyl (C=O) groups excluding carboxylic acids is 3. The fourth-order valence-corrected chi connectivity index (χ4v) is 7.22. The number of rotatable bonds is 16. The smallest absolute Gasteiger partial charge is 0.305 e. The summed E-state index contributed by atoms with van der Waals surface area (Å²) in [4.78, 5) is 51.9. The summed E-state index contributed by atoms with van der Waals surface area (Å²) in [5.74, 6) is -3.19. The molecule has 10 heteroatoms. The van der Waals surface area contributed by atoms with Crippen LogP contribution < -0.4 is 21.2 Å². The van der Waals surface area contributed by atoms with Crippen molar-refractivity contribution in [2.75, 3.05) is 6.61 Å². The van der Waals surface area contributed by atoms with Crippen LogP contribution in [0.3, 0.4) is 0 Å². The minimum absolute atomic E-state index is 0.00647. The van der Waals surface area contributed by atoms with Crippen molar-refractivity contribution in [1.29, 1.82) is 0 Å². The van der Waals surface area contributed by atoms with Crippen molar-refractivity contribution in [2.24, 2.45) is 5.92 Å². The first-order valence-electron chi connectivity index (χ1n) is 15.4. The molecule has 0 saturated heterocycles. The molecule has 4 aromatic carbocycles. The number of carbonyl (C=O) groups is 4. The molecule has 0 spiro atoms. The Kier molecular flexibility index (Phi) is 12.4. The van der Waals surface area contributed by atoms with Gasteiger partial charge in [0.2, 0.25) is 11.8 Å². The Morgan fingerprint density at radius 2 is 1.26 bits per heavy atom. The largest absolute Gasteiger partial charge is 0.481 e. The van der Waals surface area contributed by atoms with Gasteiger partial charge in [-0.1, -0.05) is 105 Å². The van der Waals surface area contributed by atoms with Crippen LogP contribution in [-0.2, 0) is 34.7 Å².